The fraction of sp³-hybridized carbons (Fsp3) is 0.733. The van der Waals surface area contributed by atoms with Gasteiger partial charge in [0.25, 0.3) is 5.91 Å². The fourth-order valence-corrected chi connectivity index (χ4v) is 2.11. The Balaban J connectivity index is 2.57. The van der Waals surface area contributed by atoms with Crippen LogP contribution in [-0.2, 0) is 5.41 Å². The maximum Gasteiger partial charge on any atom is 0.271 e. The summed E-state index contributed by atoms with van der Waals surface area (Å²) in [6.07, 6.45) is 1.31. The number of rotatable bonds is 6. The molecule has 5 nitrogen and oxygen atoms in total. The summed E-state index contributed by atoms with van der Waals surface area (Å²) in [5.41, 5.74) is 1.22. The molecule has 0 spiro atoms. The Hall–Kier alpha value is -1.36. The number of aromatic amines is 1. The number of carbonyl (C=O) groups is 1. The summed E-state index contributed by atoms with van der Waals surface area (Å²) >= 11 is 0. The van der Waals surface area contributed by atoms with Crippen LogP contribution >= 0.6 is 0 Å². The molecule has 1 heterocycles. The number of aromatic nitrogens is 2. The van der Waals surface area contributed by atoms with E-state index >= 15 is 0 Å². The van der Waals surface area contributed by atoms with E-state index in [4.69, 9.17) is 0 Å². The molecule has 1 unspecified atom stereocenters. The molecular weight excluding hydrogens is 254 g/mol. The monoisotopic (exact) mass is 281 g/mol. The smallest absolute Gasteiger partial charge is 0.271 e. The summed E-state index contributed by atoms with van der Waals surface area (Å²) < 4.78 is 0. The first-order valence-electron chi connectivity index (χ1n) is 7.31. The first-order chi connectivity index (χ1) is 9.29. The molecule has 0 aliphatic rings. The number of aliphatic hydroxyl groups is 1. The maximum absolute atomic E-state index is 12.0. The molecule has 0 aromatic carbocycles. The Bertz CT molecular complexity index is 431. The Morgan fingerprint density at radius 2 is 2.00 bits per heavy atom. The normalized spacial score (nSPS) is 13.6. The van der Waals surface area contributed by atoms with Gasteiger partial charge in [0.05, 0.1) is 6.10 Å². The number of nitrogens with zero attached hydrogens (tertiary/aromatic N) is 1. The molecule has 3 N–H and O–H groups in total. The van der Waals surface area contributed by atoms with Gasteiger partial charge >= 0.3 is 0 Å². The summed E-state index contributed by atoms with van der Waals surface area (Å²) in [6.45, 7) is 10.5. The average molecular weight is 281 g/mol. The number of H-pyrrole nitrogens is 1. The highest BCUT2D eigenvalue weighted by atomic mass is 16.3. The minimum Gasteiger partial charge on any atom is -0.391 e. The standard InChI is InChI=1S/C15H27N3O2/c1-6-10(7-2)12(19)9-16-14(20)11-8-13(18-17-11)15(3,4)5/h8,10,12,19H,6-7,9H2,1-5H3,(H,16,20)(H,17,18). The zero-order valence-electron chi connectivity index (χ0n) is 13.2. The zero-order chi connectivity index (χ0) is 15.3. The van der Waals surface area contributed by atoms with Crippen LogP contribution in [0.2, 0.25) is 0 Å². The van der Waals surface area contributed by atoms with Crippen molar-refractivity contribution in [1.82, 2.24) is 15.5 Å². The topological polar surface area (TPSA) is 78.0 Å². The van der Waals surface area contributed by atoms with Crippen LogP contribution in [0.25, 0.3) is 0 Å². The molecule has 0 fully saturated rings. The average Bonchev–Trinajstić information content (AvgIpc) is 2.87. The third-order valence-electron chi connectivity index (χ3n) is 3.68. The Morgan fingerprint density at radius 3 is 2.45 bits per heavy atom. The van der Waals surface area contributed by atoms with Crippen LogP contribution < -0.4 is 5.32 Å². The molecule has 1 atom stereocenters. The SMILES string of the molecule is CCC(CC)C(O)CNC(=O)c1cc(C(C)(C)C)[nH]n1. The molecule has 1 aromatic heterocycles. The van der Waals surface area contributed by atoms with E-state index in [1.165, 1.54) is 0 Å². The summed E-state index contributed by atoms with van der Waals surface area (Å²) in [6, 6.07) is 1.76. The lowest BCUT2D eigenvalue weighted by Crippen LogP contribution is -2.36. The van der Waals surface area contributed by atoms with Crippen molar-refractivity contribution < 1.29 is 9.90 Å². The number of hydrogen-bond donors (Lipinski definition) is 3. The Kier molecular flexibility index (Phi) is 5.74. The predicted molar refractivity (Wildman–Crippen MR) is 79.7 cm³/mol. The zero-order valence-corrected chi connectivity index (χ0v) is 13.2. The van der Waals surface area contributed by atoms with Crippen LogP contribution in [0.3, 0.4) is 0 Å². The summed E-state index contributed by atoms with van der Waals surface area (Å²) in [5, 5.41) is 19.7. The van der Waals surface area contributed by atoms with Crippen LogP contribution in [0.4, 0.5) is 0 Å². The van der Waals surface area contributed by atoms with Crippen molar-refractivity contribution in [2.24, 2.45) is 5.92 Å². The lowest BCUT2D eigenvalue weighted by atomic mass is 9.92. The van der Waals surface area contributed by atoms with Gasteiger partial charge in [-0.2, -0.15) is 5.10 Å². The molecular formula is C15H27N3O2. The van der Waals surface area contributed by atoms with E-state index < -0.39 is 6.10 Å². The van der Waals surface area contributed by atoms with Crippen molar-refractivity contribution >= 4 is 5.91 Å². The number of amides is 1. The molecule has 0 bridgehead atoms. The minimum atomic E-state index is -0.505. The summed E-state index contributed by atoms with van der Waals surface area (Å²) in [4.78, 5) is 12.0. The number of aliphatic hydroxyl groups excluding tert-OH is 1. The highest BCUT2D eigenvalue weighted by Crippen LogP contribution is 2.20. The van der Waals surface area contributed by atoms with Gasteiger partial charge in [-0.3, -0.25) is 9.89 Å². The van der Waals surface area contributed by atoms with Gasteiger partial charge in [0.15, 0.2) is 0 Å². The second-order valence-electron chi connectivity index (χ2n) is 6.27. The van der Waals surface area contributed by atoms with Crippen molar-refractivity contribution in [3.8, 4) is 0 Å². The number of hydrogen-bond acceptors (Lipinski definition) is 3. The molecule has 5 heteroatoms. The second-order valence-corrected chi connectivity index (χ2v) is 6.27. The van der Waals surface area contributed by atoms with Crippen LogP contribution in [0.5, 0.6) is 0 Å². The Labute approximate surface area is 121 Å². The van der Waals surface area contributed by atoms with Crippen LogP contribution in [-0.4, -0.2) is 33.9 Å². The van der Waals surface area contributed by atoms with Gasteiger partial charge in [-0.15, -0.1) is 0 Å². The predicted octanol–water partition coefficient (Wildman–Crippen LogP) is 2.23. The quantitative estimate of drug-likeness (QED) is 0.748. The van der Waals surface area contributed by atoms with Crippen molar-refractivity contribution in [3.63, 3.8) is 0 Å². The van der Waals surface area contributed by atoms with Gasteiger partial charge in [0, 0.05) is 17.7 Å². The highest BCUT2D eigenvalue weighted by molar-refractivity contribution is 5.92. The van der Waals surface area contributed by atoms with E-state index in [9.17, 15) is 9.90 Å². The van der Waals surface area contributed by atoms with E-state index in [2.05, 4.69) is 36.3 Å². The van der Waals surface area contributed by atoms with Crippen LogP contribution in [0.1, 0.15) is 63.6 Å². The van der Waals surface area contributed by atoms with E-state index in [1.54, 1.807) is 6.07 Å². The molecule has 0 radical (unpaired) electrons. The van der Waals surface area contributed by atoms with Gasteiger partial charge in [-0.05, 0) is 12.0 Å². The van der Waals surface area contributed by atoms with Gasteiger partial charge < -0.3 is 10.4 Å². The largest absolute Gasteiger partial charge is 0.391 e. The first-order valence-corrected chi connectivity index (χ1v) is 7.31. The second kappa shape index (κ2) is 6.88. The highest BCUT2D eigenvalue weighted by Gasteiger charge is 2.21. The van der Waals surface area contributed by atoms with Crippen molar-refractivity contribution in [2.75, 3.05) is 6.54 Å². The van der Waals surface area contributed by atoms with Crippen molar-refractivity contribution in [2.45, 2.75) is 59.0 Å². The molecule has 0 saturated heterocycles. The van der Waals surface area contributed by atoms with E-state index in [1.807, 2.05) is 13.8 Å². The van der Waals surface area contributed by atoms with Crippen molar-refractivity contribution in [3.05, 3.63) is 17.5 Å². The third-order valence-corrected chi connectivity index (χ3v) is 3.68. The molecule has 0 aliphatic heterocycles. The lowest BCUT2D eigenvalue weighted by molar-refractivity contribution is 0.0813. The number of nitrogens with one attached hydrogen (secondary N) is 2. The summed E-state index contributed by atoms with van der Waals surface area (Å²) in [5.74, 6) is -0.0265. The van der Waals surface area contributed by atoms with Crippen molar-refractivity contribution in [1.29, 1.82) is 0 Å². The Morgan fingerprint density at radius 1 is 1.40 bits per heavy atom. The molecule has 0 aliphatic carbocycles. The molecule has 0 saturated carbocycles. The molecule has 114 valence electrons. The van der Waals surface area contributed by atoms with Crippen LogP contribution in [0.15, 0.2) is 6.07 Å². The molecule has 1 amide bonds. The first kappa shape index (κ1) is 16.7. The molecule has 1 rings (SSSR count). The van der Waals surface area contributed by atoms with Gasteiger partial charge in [0.2, 0.25) is 0 Å². The fourth-order valence-electron chi connectivity index (χ4n) is 2.11. The maximum atomic E-state index is 12.0. The van der Waals surface area contributed by atoms with Crippen LogP contribution in [0, 0.1) is 5.92 Å². The summed E-state index contributed by atoms with van der Waals surface area (Å²) in [7, 11) is 0. The third kappa shape index (κ3) is 4.34. The lowest BCUT2D eigenvalue weighted by Gasteiger charge is -2.20. The molecule has 20 heavy (non-hydrogen) atoms. The van der Waals surface area contributed by atoms with Gasteiger partial charge in [0.1, 0.15) is 5.69 Å². The minimum absolute atomic E-state index is 0.0689. The number of carbonyl (C=O) groups excluding carboxylic acids is 1. The van der Waals surface area contributed by atoms with Gasteiger partial charge in [-0.25, -0.2) is 0 Å². The van der Waals surface area contributed by atoms with E-state index in [0.29, 0.717) is 5.69 Å². The van der Waals surface area contributed by atoms with Gasteiger partial charge in [-0.1, -0.05) is 47.5 Å². The van der Waals surface area contributed by atoms with E-state index in [0.717, 1.165) is 18.5 Å². The van der Waals surface area contributed by atoms with E-state index in [-0.39, 0.29) is 23.8 Å². The molecule has 1 aromatic rings.